The molecule has 0 amide bonds. The van der Waals surface area contributed by atoms with E-state index in [-0.39, 0.29) is 0 Å². The smallest absolute Gasteiger partial charge is 0.122 e. The minimum atomic E-state index is 0.990. The number of hydroxylamine groups is 1. The third-order valence-corrected chi connectivity index (χ3v) is 1.57. The van der Waals surface area contributed by atoms with Gasteiger partial charge in [-0.2, -0.15) is 10.3 Å². The highest BCUT2D eigenvalue weighted by Crippen LogP contribution is 2.04. The number of hydrogen-bond acceptors (Lipinski definition) is 5. The summed E-state index contributed by atoms with van der Waals surface area (Å²) < 4.78 is 4.75. The van der Waals surface area contributed by atoms with Crippen LogP contribution < -0.4 is 15.7 Å². The van der Waals surface area contributed by atoms with Crippen LogP contribution in [-0.4, -0.2) is 7.05 Å². The highest BCUT2D eigenvalue weighted by Gasteiger charge is 1.87. The van der Waals surface area contributed by atoms with E-state index in [4.69, 9.17) is 4.28 Å². The highest BCUT2D eigenvalue weighted by molar-refractivity contribution is 7.92. The summed E-state index contributed by atoms with van der Waals surface area (Å²) in [6.45, 7) is 0. The molecule has 0 aromatic heterocycles. The van der Waals surface area contributed by atoms with Gasteiger partial charge in [0.05, 0.1) is 0 Å². The lowest BCUT2D eigenvalue weighted by Crippen LogP contribution is -2.15. The Labute approximate surface area is 76.0 Å². The minimum absolute atomic E-state index is 0.990. The Morgan fingerprint density at radius 1 is 1.25 bits per heavy atom. The molecule has 0 radical (unpaired) electrons. The molecule has 0 saturated heterocycles. The molecule has 5 heteroatoms. The van der Waals surface area contributed by atoms with Crippen molar-refractivity contribution in [1.29, 1.82) is 0 Å². The van der Waals surface area contributed by atoms with E-state index < -0.39 is 0 Å². The standard InChI is InChI=1S/C7H11N3OS/c1-8-11-12-10-9-7-5-3-2-4-6-7/h2-6,8-10H,1H3. The fraction of sp³-hybridized carbons (Fsp3) is 0.143. The van der Waals surface area contributed by atoms with Crippen LogP contribution in [0.4, 0.5) is 5.69 Å². The average Bonchev–Trinajstić information content (AvgIpc) is 2.14. The van der Waals surface area contributed by atoms with E-state index in [1.165, 1.54) is 0 Å². The zero-order valence-corrected chi connectivity index (χ0v) is 7.52. The molecule has 0 unspecified atom stereocenters. The molecular formula is C7H11N3OS. The number of hydrogen-bond donors (Lipinski definition) is 3. The predicted octanol–water partition coefficient (Wildman–Crippen LogP) is 1.32. The molecule has 0 aliphatic heterocycles. The highest BCUT2D eigenvalue weighted by atomic mass is 32.2. The maximum absolute atomic E-state index is 4.75. The van der Waals surface area contributed by atoms with Crippen molar-refractivity contribution in [2.45, 2.75) is 0 Å². The van der Waals surface area contributed by atoms with Crippen LogP contribution in [0.2, 0.25) is 0 Å². The van der Waals surface area contributed by atoms with Crippen molar-refractivity contribution in [2.24, 2.45) is 0 Å². The van der Waals surface area contributed by atoms with Crippen LogP contribution in [0.25, 0.3) is 0 Å². The molecule has 0 fully saturated rings. The van der Waals surface area contributed by atoms with Gasteiger partial charge in [0.15, 0.2) is 0 Å². The van der Waals surface area contributed by atoms with Crippen molar-refractivity contribution >= 4 is 17.9 Å². The first-order valence-corrected chi connectivity index (χ1v) is 4.23. The summed E-state index contributed by atoms with van der Waals surface area (Å²) in [7, 11) is 1.69. The van der Waals surface area contributed by atoms with Crippen molar-refractivity contribution in [3.05, 3.63) is 30.3 Å². The van der Waals surface area contributed by atoms with Gasteiger partial charge < -0.3 is 5.43 Å². The van der Waals surface area contributed by atoms with E-state index >= 15 is 0 Å². The van der Waals surface area contributed by atoms with Crippen molar-refractivity contribution in [3.63, 3.8) is 0 Å². The van der Waals surface area contributed by atoms with Gasteiger partial charge in [0.2, 0.25) is 0 Å². The summed E-state index contributed by atoms with van der Waals surface area (Å²) in [5, 5.41) is 0. The molecule has 1 aromatic rings. The molecule has 4 nitrogen and oxygen atoms in total. The van der Waals surface area contributed by atoms with Crippen LogP contribution in [-0.2, 0) is 4.28 Å². The van der Waals surface area contributed by atoms with Crippen LogP contribution in [0.3, 0.4) is 0 Å². The Morgan fingerprint density at radius 3 is 2.67 bits per heavy atom. The van der Waals surface area contributed by atoms with Crippen molar-refractivity contribution in [3.8, 4) is 0 Å². The van der Waals surface area contributed by atoms with Crippen molar-refractivity contribution < 1.29 is 4.28 Å². The van der Waals surface area contributed by atoms with Gasteiger partial charge in [-0.05, 0) is 12.1 Å². The zero-order chi connectivity index (χ0) is 8.65. The van der Waals surface area contributed by atoms with Crippen LogP contribution in [0.15, 0.2) is 30.3 Å². The first-order valence-electron chi connectivity index (χ1n) is 3.49. The second-order valence-corrected chi connectivity index (χ2v) is 2.50. The minimum Gasteiger partial charge on any atom is -0.310 e. The van der Waals surface area contributed by atoms with Gasteiger partial charge >= 0.3 is 0 Å². The summed E-state index contributed by atoms with van der Waals surface area (Å²) >= 11 is 1.08. The number of nitrogens with one attached hydrogen (secondary N) is 3. The number of anilines is 1. The normalized spacial score (nSPS) is 9.75. The Balaban J connectivity index is 2.16. The molecule has 0 atom stereocenters. The van der Waals surface area contributed by atoms with Gasteiger partial charge in [0.1, 0.15) is 12.2 Å². The predicted molar refractivity (Wildman–Crippen MR) is 50.9 cm³/mol. The summed E-state index contributed by atoms with van der Waals surface area (Å²) in [6, 6.07) is 9.77. The van der Waals surface area contributed by atoms with Gasteiger partial charge in [0, 0.05) is 12.7 Å². The summed E-state index contributed by atoms with van der Waals surface area (Å²) in [5.74, 6) is 0. The fourth-order valence-electron chi connectivity index (χ4n) is 0.664. The Bertz CT molecular complexity index is 207. The quantitative estimate of drug-likeness (QED) is 0.279. The molecule has 0 saturated carbocycles. The Hall–Kier alpha value is -0.750. The van der Waals surface area contributed by atoms with Gasteiger partial charge in [-0.1, -0.05) is 18.2 Å². The van der Waals surface area contributed by atoms with Crippen LogP contribution >= 0.6 is 12.2 Å². The largest absolute Gasteiger partial charge is 0.310 e. The van der Waals surface area contributed by atoms with Crippen molar-refractivity contribution in [2.75, 3.05) is 12.5 Å². The Kier molecular flexibility index (Phi) is 4.55. The third-order valence-electron chi connectivity index (χ3n) is 1.14. The monoisotopic (exact) mass is 185 g/mol. The van der Waals surface area contributed by atoms with Crippen LogP contribution in [0, 0.1) is 0 Å². The third kappa shape index (κ3) is 3.59. The molecular weight excluding hydrogens is 174 g/mol. The SMILES string of the molecule is CNOSNNc1ccccc1. The molecule has 12 heavy (non-hydrogen) atoms. The Morgan fingerprint density at radius 2 is 2.00 bits per heavy atom. The fourth-order valence-corrected chi connectivity index (χ4v) is 0.948. The lowest BCUT2D eigenvalue weighted by molar-refractivity contribution is 0.269. The maximum atomic E-state index is 4.75. The first kappa shape index (κ1) is 9.34. The maximum Gasteiger partial charge on any atom is 0.122 e. The van der Waals surface area contributed by atoms with E-state index in [9.17, 15) is 0 Å². The molecule has 1 rings (SSSR count). The lowest BCUT2D eigenvalue weighted by atomic mass is 10.3. The molecule has 1 aromatic carbocycles. The van der Waals surface area contributed by atoms with E-state index in [2.05, 4.69) is 15.7 Å². The molecule has 0 spiro atoms. The molecule has 0 bridgehead atoms. The van der Waals surface area contributed by atoms with E-state index in [1.54, 1.807) is 7.05 Å². The average molecular weight is 185 g/mol. The number of hydrazine groups is 1. The van der Waals surface area contributed by atoms with E-state index in [0.717, 1.165) is 17.9 Å². The van der Waals surface area contributed by atoms with Crippen LogP contribution in [0.1, 0.15) is 0 Å². The molecule has 0 aliphatic rings. The molecule has 0 heterocycles. The van der Waals surface area contributed by atoms with E-state index in [1.807, 2.05) is 30.3 Å². The van der Waals surface area contributed by atoms with E-state index in [0.29, 0.717) is 0 Å². The first-order chi connectivity index (χ1) is 5.93. The number of rotatable bonds is 5. The summed E-state index contributed by atoms with van der Waals surface area (Å²) in [6.07, 6.45) is 0. The topological polar surface area (TPSA) is 45.3 Å². The molecule has 0 aliphatic carbocycles. The zero-order valence-electron chi connectivity index (χ0n) is 6.70. The second kappa shape index (κ2) is 5.84. The number of para-hydroxylation sites is 1. The number of benzene rings is 1. The van der Waals surface area contributed by atoms with Crippen molar-refractivity contribution in [1.82, 2.24) is 10.3 Å². The summed E-state index contributed by atoms with van der Waals surface area (Å²) in [4.78, 5) is 2.78. The lowest BCUT2D eigenvalue weighted by Gasteiger charge is -2.05. The molecule has 66 valence electrons. The van der Waals surface area contributed by atoms with Gasteiger partial charge in [-0.15, -0.1) is 0 Å². The molecule has 3 N–H and O–H groups in total. The van der Waals surface area contributed by atoms with Gasteiger partial charge in [-0.25, -0.2) is 4.28 Å². The van der Waals surface area contributed by atoms with Gasteiger partial charge in [-0.3, -0.25) is 0 Å². The summed E-state index contributed by atoms with van der Waals surface area (Å²) in [5.41, 5.74) is 6.43. The second-order valence-electron chi connectivity index (χ2n) is 1.96. The van der Waals surface area contributed by atoms with Gasteiger partial charge in [0.25, 0.3) is 0 Å². The van der Waals surface area contributed by atoms with Crippen LogP contribution in [0.5, 0.6) is 0 Å².